The van der Waals surface area contributed by atoms with E-state index in [0.29, 0.717) is 6.07 Å². The number of benzene rings is 2. The maximum atomic E-state index is 13.3. The second-order valence-corrected chi connectivity index (χ2v) is 8.68. The van der Waals surface area contributed by atoms with Crippen LogP contribution >= 0.6 is 0 Å². The topological polar surface area (TPSA) is 73.2 Å². The average molecular weight is 467 g/mol. The van der Waals surface area contributed by atoms with Gasteiger partial charge in [-0.3, -0.25) is 0 Å². The van der Waals surface area contributed by atoms with Gasteiger partial charge in [0, 0.05) is 12.7 Å². The number of alkyl halides is 6. The number of hydrogen-bond acceptors (Lipinski definition) is 5. The van der Waals surface area contributed by atoms with Crippen LogP contribution in [0, 0.1) is 0 Å². The van der Waals surface area contributed by atoms with Gasteiger partial charge in [-0.25, -0.2) is 13.4 Å². The van der Waals surface area contributed by atoms with E-state index in [2.05, 4.69) is 15.0 Å². The van der Waals surface area contributed by atoms with Gasteiger partial charge in [-0.2, -0.15) is 13.2 Å². The number of anilines is 2. The molecule has 1 heterocycles. The van der Waals surface area contributed by atoms with Gasteiger partial charge in [-0.1, -0.05) is 6.92 Å². The van der Waals surface area contributed by atoms with E-state index in [1.807, 2.05) is 0 Å². The fraction of sp³-hybridized carbons (Fsp3) is 0.278. The molecule has 0 amide bonds. The fourth-order valence-corrected chi connectivity index (χ4v) is 4.00. The molecule has 3 rings (SSSR count). The van der Waals surface area contributed by atoms with Gasteiger partial charge in [0.15, 0.2) is 9.84 Å². The Balaban J connectivity index is 2.07. The molecule has 0 fully saturated rings. The van der Waals surface area contributed by atoms with E-state index >= 15 is 0 Å². The summed E-state index contributed by atoms with van der Waals surface area (Å²) >= 11 is 0. The first-order valence-corrected chi connectivity index (χ1v) is 10.3. The first-order chi connectivity index (χ1) is 14.2. The number of imidazole rings is 1. The Kier molecular flexibility index (Phi) is 5.59. The van der Waals surface area contributed by atoms with E-state index in [1.54, 1.807) is 0 Å². The predicted molar refractivity (Wildman–Crippen MR) is 99.9 cm³/mol. The lowest BCUT2D eigenvalue weighted by molar-refractivity contribution is -0.274. The van der Waals surface area contributed by atoms with Crippen molar-refractivity contribution in [2.45, 2.75) is 24.4 Å². The van der Waals surface area contributed by atoms with Crippen LogP contribution in [0.4, 0.5) is 38.0 Å². The molecule has 0 atom stereocenters. The lowest BCUT2D eigenvalue weighted by Gasteiger charge is -2.12. The number of hydrogen-bond donors (Lipinski definition) is 1. The number of aryl methyl sites for hydroxylation is 1. The molecule has 0 bridgehead atoms. The van der Waals surface area contributed by atoms with E-state index in [4.69, 9.17) is 0 Å². The zero-order valence-electron chi connectivity index (χ0n) is 16.0. The van der Waals surface area contributed by atoms with Crippen LogP contribution in [0.3, 0.4) is 0 Å². The van der Waals surface area contributed by atoms with Gasteiger partial charge in [-0.05, 0) is 36.4 Å². The molecule has 1 aromatic heterocycles. The molecule has 0 aliphatic rings. The third-order valence-corrected chi connectivity index (χ3v) is 6.06. The van der Waals surface area contributed by atoms with Crippen molar-refractivity contribution >= 4 is 32.5 Å². The van der Waals surface area contributed by atoms with Crippen LogP contribution in [0.15, 0.2) is 41.3 Å². The largest absolute Gasteiger partial charge is 0.573 e. The number of rotatable bonds is 5. The molecule has 0 aliphatic heterocycles. The van der Waals surface area contributed by atoms with E-state index < -0.39 is 44.3 Å². The highest BCUT2D eigenvalue weighted by molar-refractivity contribution is 7.91. The first kappa shape index (κ1) is 22.7. The Morgan fingerprint density at radius 1 is 1.06 bits per heavy atom. The molecule has 0 aliphatic carbocycles. The minimum atomic E-state index is -4.86. The van der Waals surface area contributed by atoms with Crippen molar-refractivity contribution in [1.29, 1.82) is 0 Å². The fourth-order valence-electron chi connectivity index (χ4n) is 2.85. The van der Waals surface area contributed by atoms with E-state index in [1.165, 1.54) is 30.7 Å². The zero-order chi connectivity index (χ0) is 23.2. The lowest BCUT2D eigenvalue weighted by atomic mass is 10.2. The second kappa shape index (κ2) is 7.62. The minimum Gasteiger partial charge on any atom is -0.406 e. The van der Waals surface area contributed by atoms with Crippen LogP contribution in [0.25, 0.3) is 11.0 Å². The number of nitrogens with one attached hydrogen (secondary N) is 1. The molecule has 3 aromatic rings. The van der Waals surface area contributed by atoms with Crippen molar-refractivity contribution in [2.75, 3.05) is 11.1 Å². The average Bonchev–Trinajstić information content (AvgIpc) is 2.96. The summed E-state index contributed by atoms with van der Waals surface area (Å²) in [6.07, 6.45) is -9.64. The molecular weight excluding hydrogens is 452 g/mol. The highest BCUT2D eigenvalue weighted by Crippen LogP contribution is 2.36. The zero-order valence-corrected chi connectivity index (χ0v) is 16.8. The van der Waals surface area contributed by atoms with Crippen LogP contribution < -0.4 is 10.1 Å². The Labute approximate surface area is 172 Å². The summed E-state index contributed by atoms with van der Waals surface area (Å²) in [5.74, 6) is -0.890. The van der Waals surface area contributed by atoms with E-state index in [-0.39, 0.29) is 22.7 Å². The molecule has 13 heteroatoms. The van der Waals surface area contributed by atoms with Gasteiger partial charge in [0.1, 0.15) is 5.75 Å². The van der Waals surface area contributed by atoms with Gasteiger partial charge >= 0.3 is 12.5 Å². The molecule has 0 unspecified atom stereocenters. The molecule has 1 N–H and O–H groups in total. The summed E-state index contributed by atoms with van der Waals surface area (Å²) in [5.41, 5.74) is -1.15. The second-order valence-electron chi connectivity index (χ2n) is 6.43. The van der Waals surface area contributed by atoms with Crippen LogP contribution in [0.1, 0.15) is 12.5 Å². The Morgan fingerprint density at radius 2 is 1.68 bits per heavy atom. The summed E-state index contributed by atoms with van der Waals surface area (Å²) in [7, 11) is -2.62. The highest BCUT2D eigenvalue weighted by atomic mass is 32.2. The number of nitrogens with zero attached hydrogens (tertiary/aromatic N) is 2. The van der Waals surface area contributed by atoms with E-state index in [0.717, 1.165) is 18.2 Å². The van der Waals surface area contributed by atoms with Gasteiger partial charge in [0.2, 0.25) is 5.95 Å². The molecular formula is C18H15F6N3O3S. The number of fused-ring (bicyclic) bond motifs is 1. The molecule has 2 aromatic carbocycles. The SMILES string of the molecule is CCS(=O)(=O)c1cc(C(F)(F)F)cc2nc(Nc3ccc(OC(F)(F)F)cc3)n(C)c12. The Bertz CT molecular complexity index is 1220. The van der Waals surface area contributed by atoms with Crippen molar-refractivity contribution in [3.8, 4) is 5.75 Å². The van der Waals surface area contributed by atoms with Crippen molar-refractivity contribution < 1.29 is 39.5 Å². The van der Waals surface area contributed by atoms with Crippen molar-refractivity contribution in [3.05, 3.63) is 42.0 Å². The number of halogens is 6. The summed E-state index contributed by atoms with van der Waals surface area (Å²) in [4.78, 5) is 3.53. The summed E-state index contributed by atoms with van der Waals surface area (Å²) < 4.78 is 106. The maximum absolute atomic E-state index is 13.3. The third-order valence-electron chi connectivity index (χ3n) is 4.32. The first-order valence-electron chi connectivity index (χ1n) is 8.64. The molecule has 0 saturated heterocycles. The standard InChI is InChI=1S/C18H15F6N3O3S/c1-3-31(28,29)14-9-10(17(19,20)21)8-13-15(14)27(2)16(26-13)25-11-4-6-12(7-5-11)30-18(22,23)24/h4-9H,3H2,1-2H3,(H,25,26). The summed E-state index contributed by atoms with van der Waals surface area (Å²) in [5, 5.41) is 2.75. The number of ether oxygens (including phenoxy) is 1. The highest BCUT2D eigenvalue weighted by Gasteiger charge is 2.34. The molecule has 31 heavy (non-hydrogen) atoms. The Morgan fingerprint density at radius 3 is 2.19 bits per heavy atom. The summed E-state index contributed by atoms with van der Waals surface area (Å²) in [6, 6.07) is 5.85. The molecule has 0 saturated carbocycles. The van der Waals surface area contributed by atoms with Crippen LogP contribution in [-0.4, -0.2) is 30.1 Å². The molecule has 0 spiro atoms. The van der Waals surface area contributed by atoms with Crippen LogP contribution in [0.2, 0.25) is 0 Å². The lowest BCUT2D eigenvalue weighted by Crippen LogP contribution is -2.17. The smallest absolute Gasteiger partial charge is 0.406 e. The van der Waals surface area contributed by atoms with E-state index in [9.17, 15) is 34.8 Å². The number of aromatic nitrogens is 2. The van der Waals surface area contributed by atoms with Crippen molar-refractivity contribution in [3.63, 3.8) is 0 Å². The molecule has 0 radical (unpaired) electrons. The predicted octanol–water partition coefficient (Wildman–Crippen LogP) is 5.03. The quantitative estimate of drug-likeness (QED) is 0.533. The maximum Gasteiger partial charge on any atom is 0.573 e. The van der Waals surface area contributed by atoms with Crippen LogP contribution in [0.5, 0.6) is 5.75 Å². The molecule has 168 valence electrons. The normalized spacial score (nSPS) is 12.9. The van der Waals surface area contributed by atoms with Gasteiger partial charge in [0.05, 0.1) is 27.2 Å². The van der Waals surface area contributed by atoms with Crippen LogP contribution in [-0.2, 0) is 23.1 Å². The van der Waals surface area contributed by atoms with Gasteiger partial charge in [-0.15, -0.1) is 13.2 Å². The van der Waals surface area contributed by atoms with Gasteiger partial charge < -0.3 is 14.6 Å². The molecule has 6 nitrogen and oxygen atoms in total. The van der Waals surface area contributed by atoms with Crippen molar-refractivity contribution in [2.24, 2.45) is 7.05 Å². The summed E-state index contributed by atoms with van der Waals surface area (Å²) in [6.45, 7) is 1.31. The van der Waals surface area contributed by atoms with Gasteiger partial charge in [0.25, 0.3) is 0 Å². The Hall–Kier alpha value is -2.96. The monoisotopic (exact) mass is 467 g/mol. The van der Waals surface area contributed by atoms with Crippen molar-refractivity contribution in [1.82, 2.24) is 9.55 Å². The minimum absolute atomic E-state index is 0.00799. The third kappa shape index (κ3) is 4.86. The number of sulfone groups is 1.